The van der Waals surface area contributed by atoms with Crippen LogP contribution in [-0.2, 0) is 14.3 Å². The summed E-state index contributed by atoms with van der Waals surface area (Å²) in [6.45, 7) is 2.44. The number of esters is 1. The van der Waals surface area contributed by atoms with E-state index in [-0.39, 0.29) is 5.97 Å². The second-order valence-corrected chi connectivity index (χ2v) is 2.67. The van der Waals surface area contributed by atoms with E-state index in [1.165, 1.54) is 7.11 Å². The van der Waals surface area contributed by atoms with E-state index in [0.717, 1.165) is 12.8 Å². The Hall–Kier alpha value is -0.570. The molecule has 0 saturated carbocycles. The lowest BCUT2D eigenvalue weighted by Gasteiger charge is -2.18. The van der Waals surface area contributed by atoms with E-state index in [1.54, 1.807) is 6.92 Å². The van der Waals surface area contributed by atoms with Crippen LogP contribution in [0.2, 0.25) is 0 Å². The lowest BCUT2D eigenvalue weighted by atomic mass is 10.0. The number of hydrogen-bond donors (Lipinski definition) is 0. The Morgan fingerprint density at radius 1 is 1.70 bits per heavy atom. The minimum Gasteiger partial charge on any atom is -0.467 e. The van der Waals surface area contributed by atoms with Gasteiger partial charge in [-0.15, -0.1) is 0 Å². The quantitative estimate of drug-likeness (QED) is 0.509. The Bertz CT molecular complexity index is 136. The third kappa shape index (κ3) is 1.14. The molecule has 1 heterocycles. The summed E-state index contributed by atoms with van der Waals surface area (Å²) in [4.78, 5) is 11.0. The molecule has 3 heteroatoms. The molecule has 10 heavy (non-hydrogen) atoms. The number of methoxy groups -OCH3 is 1. The van der Waals surface area contributed by atoms with Crippen molar-refractivity contribution in [2.24, 2.45) is 0 Å². The first kappa shape index (κ1) is 7.54. The smallest absolute Gasteiger partial charge is 0.337 e. The minimum atomic E-state index is -0.658. The van der Waals surface area contributed by atoms with Gasteiger partial charge in [0.1, 0.15) is 0 Å². The molecule has 1 fully saturated rings. The van der Waals surface area contributed by atoms with E-state index in [0.29, 0.717) is 6.61 Å². The summed E-state index contributed by atoms with van der Waals surface area (Å²) in [5, 5.41) is 0. The number of carbonyl (C=O) groups is 1. The fourth-order valence-electron chi connectivity index (χ4n) is 1.16. The molecular formula is C7H12O3. The SMILES string of the molecule is COC(=O)[C@@]1(C)CCCO1. The Kier molecular flexibility index (Phi) is 1.94. The number of ether oxygens (including phenoxy) is 2. The summed E-state index contributed by atoms with van der Waals surface area (Å²) in [5.74, 6) is -0.259. The van der Waals surface area contributed by atoms with Crippen LogP contribution in [0.4, 0.5) is 0 Å². The Balaban J connectivity index is 2.58. The van der Waals surface area contributed by atoms with Gasteiger partial charge in [0.05, 0.1) is 7.11 Å². The summed E-state index contributed by atoms with van der Waals surface area (Å²) in [6, 6.07) is 0. The molecule has 1 saturated heterocycles. The number of rotatable bonds is 1. The van der Waals surface area contributed by atoms with Crippen molar-refractivity contribution in [3.8, 4) is 0 Å². The average Bonchev–Trinajstić information content (AvgIpc) is 2.36. The molecule has 0 unspecified atom stereocenters. The van der Waals surface area contributed by atoms with Gasteiger partial charge in [-0.25, -0.2) is 4.79 Å². The molecule has 1 aliphatic rings. The molecule has 0 bridgehead atoms. The van der Waals surface area contributed by atoms with Crippen molar-refractivity contribution in [3.63, 3.8) is 0 Å². The second-order valence-electron chi connectivity index (χ2n) is 2.67. The fourth-order valence-corrected chi connectivity index (χ4v) is 1.16. The van der Waals surface area contributed by atoms with Crippen LogP contribution in [0.1, 0.15) is 19.8 Å². The highest BCUT2D eigenvalue weighted by Gasteiger charge is 2.38. The summed E-state index contributed by atoms with van der Waals surface area (Å²) < 4.78 is 9.79. The lowest BCUT2D eigenvalue weighted by molar-refractivity contribution is -0.161. The zero-order chi connectivity index (χ0) is 7.61. The lowest BCUT2D eigenvalue weighted by Crippen LogP contribution is -2.35. The summed E-state index contributed by atoms with van der Waals surface area (Å²) in [7, 11) is 1.38. The molecule has 1 rings (SSSR count). The third-order valence-electron chi connectivity index (χ3n) is 1.84. The van der Waals surface area contributed by atoms with Gasteiger partial charge in [0.15, 0.2) is 5.60 Å². The third-order valence-corrected chi connectivity index (χ3v) is 1.84. The minimum absolute atomic E-state index is 0.259. The van der Waals surface area contributed by atoms with Gasteiger partial charge in [-0.05, 0) is 19.8 Å². The zero-order valence-corrected chi connectivity index (χ0v) is 6.35. The van der Waals surface area contributed by atoms with Gasteiger partial charge < -0.3 is 9.47 Å². The molecule has 0 spiro atoms. The molecular weight excluding hydrogens is 132 g/mol. The van der Waals surface area contributed by atoms with Crippen molar-refractivity contribution < 1.29 is 14.3 Å². The highest BCUT2D eigenvalue weighted by molar-refractivity contribution is 5.79. The topological polar surface area (TPSA) is 35.5 Å². The van der Waals surface area contributed by atoms with Crippen LogP contribution in [0.25, 0.3) is 0 Å². The first-order chi connectivity index (χ1) is 4.69. The molecule has 0 amide bonds. The molecule has 0 N–H and O–H groups in total. The first-order valence-electron chi connectivity index (χ1n) is 3.41. The maximum Gasteiger partial charge on any atom is 0.337 e. The summed E-state index contributed by atoms with van der Waals surface area (Å²) >= 11 is 0. The van der Waals surface area contributed by atoms with Crippen LogP contribution in [0.3, 0.4) is 0 Å². The summed E-state index contributed by atoms with van der Waals surface area (Å²) in [6.07, 6.45) is 1.73. The van der Waals surface area contributed by atoms with Crippen molar-refractivity contribution in [1.29, 1.82) is 0 Å². The molecule has 0 aliphatic carbocycles. The largest absolute Gasteiger partial charge is 0.467 e. The number of carbonyl (C=O) groups excluding carboxylic acids is 1. The molecule has 0 aromatic carbocycles. The van der Waals surface area contributed by atoms with E-state index >= 15 is 0 Å². The van der Waals surface area contributed by atoms with Crippen LogP contribution in [0, 0.1) is 0 Å². The Morgan fingerprint density at radius 3 is 2.80 bits per heavy atom. The highest BCUT2D eigenvalue weighted by Crippen LogP contribution is 2.25. The molecule has 58 valence electrons. The van der Waals surface area contributed by atoms with Crippen molar-refractivity contribution in [1.82, 2.24) is 0 Å². The van der Waals surface area contributed by atoms with Gasteiger partial charge in [0.25, 0.3) is 0 Å². The standard InChI is InChI=1S/C7H12O3/c1-7(6(8)9-2)4-3-5-10-7/h3-5H2,1-2H3/t7-/m1/s1. The van der Waals surface area contributed by atoms with Crippen molar-refractivity contribution in [2.45, 2.75) is 25.4 Å². The van der Waals surface area contributed by atoms with Crippen molar-refractivity contribution in [2.75, 3.05) is 13.7 Å². The molecule has 3 nitrogen and oxygen atoms in total. The van der Waals surface area contributed by atoms with Gasteiger partial charge >= 0.3 is 5.97 Å². The van der Waals surface area contributed by atoms with Crippen LogP contribution in [0.15, 0.2) is 0 Å². The van der Waals surface area contributed by atoms with Gasteiger partial charge in [0.2, 0.25) is 0 Å². The van der Waals surface area contributed by atoms with Crippen LogP contribution in [0.5, 0.6) is 0 Å². The Labute approximate surface area is 60.3 Å². The van der Waals surface area contributed by atoms with E-state index in [2.05, 4.69) is 4.74 Å². The van der Waals surface area contributed by atoms with Crippen LogP contribution in [-0.4, -0.2) is 25.3 Å². The van der Waals surface area contributed by atoms with Gasteiger partial charge in [-0.1, -0.05) is 0 Å². The van der Waals surface area contributed by atoms with E-state index in [1.807, 2.05) is 0 Å². The predicted octanol–water partition coefficient (Wildman–Crippen LogP) is 0.728. The van der Waals surface area contributed by atoms with Crippen molar-refractivity contribution in [3.05, 3.63) is 0 Å². The first-order valence-corrected chi connectivity index (χ1v) is 3.41. The predicted molar refractivity (Wildman–Crippen MR) is 35.6 cm³/mol. The average molecular weight is 144 g/mol. The second kappa shape index (κ2) is 2.58. The van der Waals surface area contributed by atoms with Gasteiger partial charge in [-0.2, -0.15) is 0 Å². The zero-order valence-electron chi connectivity index (χ0n) is 6.35. The summed E-state index contributed by atoms with van der Waals surface area (Å²) in [5.41, 5.74) is -0.658. The highest BCUT2D eigenvalue weighted by atomic mass is 16.6. The maximum atomic E-state index is 11.0. The molecule has 0 aromatic heterocycles. The number of hydrogen-bond acceptors (Lipinski definition) is 3. The Morgan fingerprint density at radius 2 is 2.40 bits per heavy atom. The van der Waals surface area contributed by atoms with E-state index in [9.17, 15) is 4.79 Å². The molecule has 1 aliphatic heterocycles. The van der Waals surface area contributed by atoms with Gasteiger partial charge in [0, 0.05) is 6.61 Å². The molecule has 1 atom stereocenters. The van der Waals surface area contributed by atoms with Crippen molar-refractivity contribution >= 4 is 5.97 Å². The van der Waals surface area contributed by atoms with Gasteiger partial charge in [-0.3, -0.25) is 0 Å². The monoisotopic (exact) mass is 144 g/mol. The molecule has 0 aromatic rings. The molecule has 0 radical (unpaired) electrons. The van der Waals surface area contributed by atoms with E-state index < -0.39 is 5.60 Å². The van der Waals surface area contributed by atoms with Crippen LogP contribution >= 0.6 is 0 Å². The van der Waals surface area contributed by atoms with E-state index in [4.69, 9.17) is 4.74 Å². The fraction of sp³-hybridized carbons (Fsp3) is 0.857. The normalized spacial score (nSPS) is 32.2. The van der Waals surface area contributed by atoms with Crippen LogP contribution < -0.4 is 0 Å². The maximum absolute atomic E-state index is 11.0.